The number of thiazole rings is 1. The summed E-state index contributed by atoms with van der Waals surface area (Å²) < 4.78 is 58.0. The van der Waals surface area contributed by atoms with Gasteiger partial charge in [-0.1, -0.05) is 24.3 Å². The average Bonchev–Trinajstić information content (AvgIpc) is 3.58. The number of para-hydroxylation sites is 1. The molecule has 0 saturated heterocycles. The molecule has 0 aliphatic heterocycles. The van der Waals surface area contributed by atoms with Crippen LogP contribution in [-0.4, -0.2) is 28.2 Å². The fraction of sp³-hybridized carbons (Fsp3) is 0.192. The van der Waals surface area contributed by atoms with Crippen molar-refractivity contribution in [2.45, 2.75) is 25.7 Å². The van der Waals surface area contributed by atoms with Crippen molar-refractivity contribution in [2.24, 2.45) is 0 Å². The molecule has 0 fully saturated rings. The van der Waals surface area contributed by atoms with E-state index in [1.54, 1.807) is 30.3 Å². The second-order valence-corrected chi connectivity index (χ2v) is 9.03. The van der Waals surface area contributed by atoms with Gasteiger partial charge in [0.05, 0.1) is 24.1 Å². The zero-order chi connectivity index (χ0) is 27.1. The fourth-order valence-electron chi connectivity index (χ4n) is 3.50. The summed E-state index contributed by atoms with van der Waals surface area (Å²) in [5.41, 5.74) is -0.184. The maximum atomic E-state index is 13.9. The Hall–Kier alpha value is -4.19. The summed E-state index contributed by atoms with van der Waals surface area (Å²) in [6, 6.07) is 14.1. The molecule has 12 heteroatoms. The Labute approximate surface area is 219 Å². The molecule has 0 aliphatic rings. The molecule has 0 bridgehead atoms. The summed E-state index contributed by atoms with van der Waals surface area (Å²) >= 11 is 1.12. The number of carbonyl (C=O) groups is 2. The van der Waals surface area contributed by atoms with Crippen LogP contribution < -0.4 is 10.6 Å². The lowest BCUT2D eigenvalue weighted by molar-refractivity contribution is -0.137. The number of carbonyl (C=O) groups excluding carboxylic acids is 2. The van der Waals surface area contributed by atoms with Crippen LogP contribution in [0.2, 0.25) is 0 Å². The maximum absolute atomic E-state index is 13.9. The first-order valence-corrected chi connectivity index (χ1v) is 12.3. The molecule has 4 aromatic rings. The summed E-state index contributed by atoms with van der Waals surface area (Å²) in [5, 5.41) is 7.25. The average molecular weight is 547 g/mol. The van der Waals surface area contributed by atoms with Gasteiger partial charge in [0.25, 0.3) is 5.91 Å². The molecule has 0 atom stereocenters. The highest BCUT2D eigenvalue weighted by atomic mass is 32.1. The zero-order valence-corrected chi connectivity index (χ0v) is 20.6. The van der Waals surface area contributed by atoms with Crippen LogP contribution in [0, 0.1) is 5.82 Å². The van der Waals surface area contributed by atoms with Crippen molar-refractivity contribution in [2.75, 3.05) is 11.9 Å². The number of aromatic nitrogens is 1. The highest BCUT2D eigenvalue weighted by Gasteiger charge is 2.30. The van der Waals surface area contributed by atoms with Crippen LogP contribution in [0.1, 0.15) is 33.8 Å². The maximum Gasteiger partial charge on any atom is 0.416 e. The lowest BCUT2D eigenvalue weighted by Gasteiger charge is -2.20. The number of furan rings is 1. The van der Waals surface area contributed by atoms with Crippen molar-refractivity contribution in [3.05, 3.63) is 101 Å². The second-order valence-electron chi connectivity index (χ2n) is 8.17. The quantitative estimate of drug-likeness (QED) is 0.239. The van der Waals surface area contributed by atoms with Gasteiger partial charge in [-0.2, -0.15) is 13.2 Å². The summed E-state index contributed by atoms with van der Waals surface area (Å²) in [5.74, 6) is -0.890. The van der Waals surface area contributed by atoms with Crippen molar-refractivity contribution in [3.63, 3.8) is 0 Å². The Bertz CT molecular complexity index is 1390. The van der Waals surface area contributed by atoms with Gasteiger partial charge < -0.3 is 20.0 Å². The molecular formula is C26H22F4N4O3S. The molecule has 7 nitrogen and oxygen atoms in total. The molecule has 38 heavy (non-hydrogen) atoms. The van der Waals surface area contributed by atoms with Gasteiger partial charge >= 0.3 is 6.18 Å². The smallest absolute Gasteiger partial charge is 0.416 e. The number of rotatable bonds is 10. The molecule has 0 saturated carbocycles. The van der Waals surface area contributed by atoms with Crippen molar-refractivity contribution >= 4 is 34.0 Å². The van der Waals surface area contributed by atoms with E-state index in [4.69, 9.17) is 4.42 Å². The monoisotopic (exact) mass is 546 g/mol. The van der Waals surface area contributed by atoms with E-state index in [1.165, 1.54) is 34.7 Å². The third kappa shape index (κ3) is 7.19. The van der Waals surface area contributed by atoms with Crippen LogP contribution in [0.4, 0.5) is 28.4 Å². The first-order chi connectivity index (χ1) is 18.2. The molecule has 2 aromatic carbocycles. The number of benzene rings is 2. The Morgan fingerprint density at radius 2 is 1.87 bits per heavy atom. The number of anilines is 2. The Kier molecular flexibility index (Phi) is 8.41. The lowest BCUT2D eigenvalue weighted by atomic mass is 10.1. The molecule has 2 amide bonds. The Balaban J connectivity index is 1.38. The number of halogens is 4. The van der Waals surface area contributed by atoms with Crippen LogP contribution in [0.3, 0.4) is 0 Å². The van der Waals surface area contributed by atoms with Crippen molar-refractivity contribution in [1.29, 1.82) is 0 Å². The van der Waals surface area contributed by atoms with Crippen LogP contribution in [-0.2, 0) is 24.1 Å². The van der Waals surface area contributed by atoms with E-state index in [1.807, 2.05) is 0 Å². The second kappa shape index (κ2) is 11.9. The highest BCUT2D eigenvalue weighted by molar-refractivity contribution is 7.14. The minimum Gasteiger partial charge on any atom is -0.467 e. The summed E-state index contributed by atoms with van der Waals surface area (Å²) in [7, 11) is 0. The minimum atomic E-state index is -4.48. The van der Waals surface area contributed by atoms with E-state index in [-0.39, 0.29) is 37.4 Å². The largest absolute Gasteiger partial charge is 0.467 e. The topological polar surface area (TPSA) is 87.5 Å². The molecule has 2 heterocycles. The predicted molar refractivity (Wildman–Crippen MR) is 133 cm³/mol. The predicted octanol–water partition coefficient (Wildman–Crippen LogP) is 5.99. The molecule has 0 spiro atoms. The normalized spacial score (nSPS) is 11.3. The summed E-state index contributed by atoms with van der Waals surface area (Å²) in [4.78, 5) is 31.3. The van der Waals surface area contributed by atoms with E-state index < -0.39 is 29.4 Å². The summed E-state index contributed by atoms with van der Waals surface area (Å²) in [6.07, 6.45) is -3.12. The van der Waals surface area contributed by atoms with Crippen LogP contribution >= 0.6 is 11.3 Å². The third-order valence-corrected chi connectivity index (χ3v) is 6.16. The van der Waals surface area contributed by atoms with E-state index in [0.29, 0.717) is 16.5 Å². The highest BCUT2D eigenvalue weighted by Crippen LogP contribution is 2.29. The first-order valence-electron chi connectivity index (χ1n) is 11.4. The van der Waals surface area contributed by atoms with Crippen LogP contribution in [0.15, 0.2) is 76.7 Å². The van der Waals surface area contributed by atoms with Crippen molar-refractivity contribution < 1.29 is 31.6 Å². The molecule has 2 aromatic heterocycles. The fourth-order valence-corrected chi connectivity index (χ4v) is 4.19. The number of nitrogens with one attached hydrogen (secondary N) is 2. The standard InChI is InChI=1S/C26H22F4N4O3S/c27-20-8-1-2-9-21(20)32-25-33-22(16-38-25)24(36)34(15-19-7-4-12-37-19)11-10-23(35)31-14-17-5-3-6-18(13-17)26(28,29)30/h1-9,12-13,16H,10-11,14-15H2,(H,31,35)(H,32,33). The zero-order valence-electron chi connectivity index (χ0n) is 19.8. The van der Waals surface area contributed by atoms with Gasteiger partial charge in [0.15, 0.2) is 5.13 Å². The third-order valence-electron chi connectivity index (χ3n) is 5.41. The Morgan fingerprint density at radius 3 is 2.61 bits per heavy atom. The van der Waals surface area contributed by atoms with Gasteiger partial charge in [-0.05, 0) is 42.0 Å². The van der Waals surface area contributed by atoms with E-state index in [0.717, 1.165) is 23.5 Å². The van der Waals surface area contributed by atoms with Crippen molar-refractivity contribution in [1.82, 2.24) is 15.2 Å². The molecular weight excluding hydrogens is 524 g/mol. The van der Waals surface area contributed by atoms with Gasteiger partial charge in [0.1, 0.15) is 17.3 Å². The minimum absolute atomic E-state index is 0.00155. The van der Waals surface area contributed by atoms with Gasteiger partial charge in [0, 0.05) is 24.9 Å². The van der Waals surface area contributed by atoms with Crippen LogP contribution in [0.25, 0.3) is 0 Å². The number of nitrogens with zero attached hydrogens (tertiary/aromatic N) is 2. The number of alkyl halides is 3. The van der Waals surface area contributed by atoms with Gasteiger partial charge in [-0.3, -0.25) is 9.59 Å². The van der Waals surface area contributed by atoms with E-state index in [2.05, 4.69) is 15.6 Å². The molecule has 0 aliphatic carbocycles. The Morgan fingerprint density at radius 1 is 1.05 bits per heavy atom. The van der Waals surface area contributed by atoms with E-state index >= 15 is 0 Å². The summed E-state index contributed by atoms with van der Waals surface area (Å²) in [6.45, 7) is -0.0199. The first kappa shape index (κ1) is 26.9. The number of hydrogen-bond donors (Lipinski definition) is 2. The SMILES string of the molecule is O=C(CCN(Cc1ccco1)C(=O)c1csc(Nc2ccccc2F)n1)NCc1cccc(C(F)(F)F)c1. The van der Waals surface area contributed by atoms with Crippen molar-refractivity contribution in [3.8, 4) is 0 Å². The number of amides is 2. The lowest BCUT2D eigenvalue weighted by Crippen LogP contribution is -2.35. The van der Waals surface area contributed by atoms with E-state index in [9.17, 15) is 27.2 Å². The van der Waals surface area contributed by atoms with Crippen LogP contribution in [0.5, 0.6) is 0 Å². The molecule has 198 valence electrons. The molecule has 0 unspecified atom stereocenters. The molecule has 2 N–H and O–H groups in total. The molecule has 0 radical (unpaired) electrons. The molecule has 4 rings (SSSR count). The van der Waals surface area contributed by atoms with Gasteiger partial charge in [-0.25, -0.2) is 9.37 Å². The van der Waals surface area contributed by atoms with Gasteiger partial charge in [-0.15, -0.1) is 11.3 Å². The van der Waals surface area contributed by atoms with Gasteiger partial charge in [0.2, 0.25) is 5.91 Å². The number of hydrogen-bond acceptors (Lipinski definition) is 6.